The van der Waals surface area contributed by atoms with E-state index in [2.05, 4.69) is 9.97 Å². The van der Waals surface area contributed by atoms with Crippen molar-refractivity contribution in [3.63, 3.8) is 0 Å². The average Bonchev–Trinajstić information content (AvgIpc) is 2.89. The van der Waals surface area contributed by atoms with Crippen LogP contribution in [0.3, 0.4) is 0 Å². The first-order chi connectivity index (χ1) is 9.31. The molecule has 0 aliphatic carbocycles. The molecule has 19 heavy (non-hydrogen) atoms. The number of aldehydes is 1. The van der Waals surface area contributed by atoms with Gasteiger partial charge in [-0.3, -0.25) is 4.79 Å². The van der Waals surface area contributed by atoms with E-state index in [-0.39, 0.29) is 0 Å². The van der Waals surface area contributed by atoms with Gasteiger partial charge in [-0.05, 0) is 29.8 Å². The Labute approximate surface area is 110 Å². The van der Waals surface area contributed by atoms with Crippen molar-refractivity contribution in [3.05, 3.63) is 48.3 Å². The van der Waals surface area contributed by atoms with E-state index in [9.17, 15) is 4.79 Å². The van der Waals surface area contributed by atoms with Crippen LogP contribution in [0.25, 0.3) is 22.0 Å². The van der Waals surface area contributed by atoms with E-state index in [1.54, 1.807) is 13.3 Å². The van der Waals surface area contributed by atoms with Crippen molar-refractivity contribution in [2.24, 2.45) is 0 Å². The quantitative estimate of drug-likeness (QED) is 0.729. The summed E-state index contributed by atoms with van der Waals surface area (Å²) in [5.41, 5.74) is 3.42. The molecule has 3 aromatic rings. The van der Waals surface area contributed by atoms with Crippen LogP contribution in [-0.4, -0.2) is 23.4 Å². The lowest BCUT2D eigenvalue weighted by Gasteiger charge is -2.06. The second-order valence-corrected chi connectivity index (χ2v) is 4.20. The third kappa shape index (κ3) is 1.97. The summed E-state index contributed by atoms with van der Waals surface area (Å²) in [5, 5.41) is 1.01. The molecule has 1 N–H and O–H groups in total. The van der Waals surface area contributed by atoms with E-state index in [1.807, 2.05) is 36.4 Å². The fourth-order valence-electron chi connectivity index (χ4n) is 2.15. The van der Waals surface area contributed by atoms with Gasteiger partial charge in [0, 0.05) is 22.7 Å². The summed E-state index contributed by atoms with van der Waals surface area (Å²) in [4.78, 5) is 18.0. The molecule has 0 unspecified atom stereocenters. The number of aromatic nitrogens is 2. The third-order valence-electron chi connectivity index (χ3n) is 3.05. The maximum absolute atomic E-state index is 10.8. The molecular weight excluding hydrogens is 240 g/mol. The van der Waals surface area contributed by atoms with E-state index >= 15 is 0 Å². The monoisotopic (exact) mass is 252 g/mol. The van der Waals surface area contributed by atoms with Gasteiger partial charge in [-0.2, -0.15) is 0 Å². The van der Waals surface area contributed by atoms with E-state index in [0.29, 0.717) is 11.6 Å². The zero-order valence-electron chi connectivity index (χ0n) is 10.4. The predicted molar refractivity (Wildman–Crippen MR) is 73.5 cm³/mol. The van der Waals surface area contributed by atoms with E-state index in [0.717, 1.165) is 28.3 Å². The zero-order valence-corrected chi connectivity index (χ0v) is 10.4. The molecule has 2 aromatic heterocycles. The zero-order chi connectivity index (χ0) is 13.2. The largest absolute Gasteiger partial charge is 0.481 e. The number of H-pyrrole nitrogens is 1. The normalized spacial score (nSPS) is 10.6. The fraction of sp³-hybridized carbons (Fsp3) is 0.0667. The number of aromatic amines is 1. The van der Waals surface area contributed by atoms with Gasteiger partial charge in [0.05, 0.1) is 12.8 Å². The van der Waals surface area contributed by atoms with Crippen LogP contribution in [0.4, 0.5) is 0 Å². The van der Waals surface area contributed by atoms with Crippen LogP contribution in [0.15, 0.2) is 42.6 Å². The summed E-state index contributed by atoms with van der Waals surface area (Å²) in [6, 6.07) is 11.6. The molecule has 0 aliphatic rings. The highest BCUT2D eigenvalue weighted by molar-refractivity contribution is 5.91. The molecule has 0 atom stereocenters. The Morgan fingerprint density at radius 2 is 2.16 bits per heavy atom. The lowest BCUT2D eigenvalue weighted by Crippen LogP contribution is -1.90. The smallest absolute Gasteiger partial charge is 0.221 e. The number of nitrogens with one attached hydrogen (secondary N) is 1. The number of pyridine rings is 1. The number of carbonyl (C=O) groups excluding carboxylic acids is 1. The van der Waals surface area contributed by atoms with Crippen LogP contribution in [0.2, 0.25) is 0 Å². The second-order valence-electron chi connectivity index (χ2n) is 4.20. The number of ether oxygens (including phenoxy) is 1. The number of hydrogen-bond donors (Lipinski definition) is 1. The Morgan fingerprint density at radius 1 is 1.26 bits per heavy atom. The van der Waals surface area contributed by atoms with Crippen LogP contribution >= 0.6 is 0 Å². The molecule has 0 bridgehead atoms. The van der Waals surface area contributed by atoms with Crippen molar-refractivity contribution in [2.75, 3.05) is 7.11 Å². The van der Waals surface area contributed by atoms with Crippen molar-refractivity contribution in [1.29, 1.82) is 0 Å². The minimum atomic E-state index is 0.574. The van der Waals surface area contributed by atoms with Gasteiger partial charge in [0.1, 0.15) is 0 Å². The second kappa shape index (κ2) is 4.57. The van der Waals surface area contributed by atoms with Crippen LogP contribution in [-0.2, 0) is 0 Å². The molecule has 0 radical (unpaired) electrons. The van der Waals surface area contributed by atoms with Gasteiger partial charge in [0.15, 0.2) is 6.29 Å². The Balaban J connectivity index is 2.17. The molecule has 94 valence electrons. The van der Waals surface area contributed by atoms with Gasteiger partial charge in [-0.15, -0.1) is 0 Å². The standard InChI is InChI=1S/C15H12N2O2/c1-19-15-13(3-2-6-16-15)10-4-5-11-7-12(9-18)17-14(11)8-10/h2-9,17H,1H3. The Bertz CT molecular complexity index is 747. The molecule has 1 aromatic carbocycles. The van der Waals surface area contributed by atoms with Crippen molar-refractivity contribution >= 4 is 17.2 Å². The molecule has 4 nitrogen and oxygen atoms in total. The molecule has 0 fully saturated rings. The number of methoxy groups -OCH3 is 1. The molecule has 0 aliphatic heterocycles. The summed E-state index contributed by atoms with van der Waals surface area (Å²) >= 11 is 0. The number of benzene rings is 1. The van der Waals surface area contributed by atoms with Crippen molar-refractivity contribution in [3.8, 4) is 17.0 Å². The highest BCUT2D eigenvalue weighted by Crippen LogP contribution is 2.29. The lowest BCUT2D eigenvalue weighted by atomic mass is 10.1. The summed E-state index contributed by atoms with van der Waals surface area (Å²) in [7, 11) is 1.60. The summed E-state index contributed by atoms with van der Waals surface area (Å²) in [6.45, 7) is 0. The van der Waals surface area contributed by atoms with Gasteiger partial charge >= 0.3 is 0 Å². The number of nitrogens with zero attached hydrogens (tertiary/aromatic N) is 1. The topological polar surface area (TPSA) is 55.0 Å². The van der Waals surface area contributed by atoms with Crippen molar-refractivity contribution in [2.45, 2.75) is 0 Å². The van der Waals surface area contributed by atoms with Crippen LogP contribution in [0.5, 0.6) is 5.88 Å². The summed E-state index contributed by atoms with van der Waals surface area (Å²) in [6.07, 6.45) is 2.50. The van der Waals surface area contributed by atoms with Crippen LogP contribution in [0.1, 0.15) is 10.5 Å². The summed E-state index contributed by atoms with van der Waals surface area (Å²) in [5.74, 6) is 0.587. The van der Waals surface area contributed by atoms with E-state index in [4.69, 9.17) is 4.74 Å². The maximum atomic E-state index is 10.8. The molecule has 2 heterocycles. The highest BCUT2D eigenvalue weighted by atomic mass is 16.5. The van der Waals surface area contributed by atoms with Gasteiger partial charge in [0.25, 0.3) is 0 Å². The van der Waals surface area contributed by atoms with Gasteiger partial charge in [-0.1, -0.05) is 12.1 Å². The Morgan fingerprint density at radius 3 is 2.95 bits per heavy atom. The molecular formula is C15H12N2O2. The van der Waals surface area contributed by atoms with Crippen LogP contribution < -0.4 is 4.74 Å². The maximum Gasteiger partial charge on any atom is 0.221 e. The van der Waals surface area contributed by atoms with Gasteiger partial charge in [-0.25, -0.2) is 4.98 Å². The van der Waals surface area contributed by atoms with Crippen molar-refractivity contribution in [1.82, 2.24) is 9.97 Å². The number of fused-ring (bicyclic) bond motifs is 1. The predicted octanol–water partition coefficient (Wildman–Crippen LogP) is 3.05. The number of carbonyl (C=O) groups is 1. The molecule has 4 heteroatoms. The van der Waals surface area contributed by atoms with Crippen LogP contribution in [0, 0.1) is 0 Å². The molecule has 0 saturated heterocycles. The minimum Gasteiger partial charge on any atom is -0.481 e. The first-order valence-electron chi connectivity index (χ1n) is 5.89. The molecule has 0 spiro atoms. The molecule has 3 rings (SSSR count). The minimum absolute atomic E-state index is 0.574. The SMILES string of the molecule is COc1ncccc1-c1ccc2cc(C=O)[nH]c2c1. The number of rotatable bonds is 3. The van der Waals surface area contributed by atoms with Gasteiger partial charge < -0.3 is 9.72 Å². The third-order valence-corrected chi connectivity index (χ3v) is 3.05. The number of hydrogen-bond acceptors (Lipinski definition) is 3. The Hall–Kier alpha value is -2.62. The lowest BCUT2D eigenvalue weighted by molar-refractivity contribution is 0.112. The van der Waals surface area contributed by atoms with Gasteiger partial charge in [0.2, 0.25) is 5.88 Å². The Kier molecular flexibility index (Phi) is 2.76. The van der Waals surface area contributed by atoms with Crippen molar-refractivity contribution < 1.29 is 9.53 Å². The first-order valence-corrected chi connectivity index (χ1v) is 5.89. The molecule has 0 saturated carbocycles. The summed E-state index contributed by atoms with van der Waals surface area (Å²) < 4.78 is 5.26. The highest BCUT2D eigenvalue weighted by Gasteiger charge is 2.08. The first kappa shape index (κ1) is 11.5. The molecule has 0 amide bonds. The fourth-order valence-corrected chi connectivity index (χ4v) is 2.15. The average molecular weight is 252 g/mol. The van der Waals surface area contributed by atoms with E-state index in [1.165, 1.54) is 0 Å². The van der Waals surface area contributed by atoms with E-state index < -0.39 is 0 Å².